The molecule has 0 fully saturated rings. The number of nitrogens with zero attached hydrogens (tertiary/aromatic N) is 1. The Labute approximate surface area is 120 Å². The topological polar surface area (TPSA) is 72.2 Å². The van der Waals surface area contributed by atoms with E-state index >= 15 is 0 Å². The Morgan fingerprint density at radius 1 is 1.37 bits per heavy atom. The quantitative estimate of drug-likeness (QED) is 0.904. The maximum atomic E-state index is 12.1. The van der Waals surface area contributed by atoms with Gasteiger partial charge in [-0.2, -0.15) is 0 Å². The van der Waals surface area contributed by atoms with Gasteiger partial charge in [-0.3, -0.25) is 0 Å². The first-order valence-corrected chi connectivity index (χ1v) is 7.98. The summed E-state index contributed by atoms with van der Waals surface area (Å²) in [5.74, 6) is 1.09. The third kappa shape index (κ3) is 3.43. The number of rotatable bonds is 5. The number of nitrogens with one attached hydrogen (secondary N) is 1. The van der Waals surface area contributed by atoms with Crippen LogP contribution in [0, 0.1) is 0 Å². The van der Waals surface area contributed by atoms with E-state index in [0.717, 1.165) is 12.2 Å². The average molecular weight is 345 g/mol. The third-order valence-corrected chi connectivity index (χ3v) is 4.90. The molecule has 0 unspecified atom stereocenters. The number of sulfonamides is 1. The maximum Gasteiger partial charge on any atom is 0.242 e. The van der Waals surface area contributed by atoms with E-state index in [0.29, 0.717) is 10.4 Å². The zero-order valence-electron chi connectivity index (χ0n) is 10.3. The van der Waals surface area contributed by atoms with Crippen LogP contribution in [-0.2, 0) is 23.0 Å². The van der Waals surface area contributed by atoms with E-state index in [-0.39, 0.29) is 11.4 Å². The summed E-state index contributed by atoms with van der Waals surface area (Å²) in [5, 5.41) is 0. The molecular formula is C12H13BrN2O3S. The van der Waals surface area contributed by atoms with Crippen molar-refractivity contribution < 1.29 is 12.8 Å². The van der Waals surface area contributed by atoms with Crippen molar-refractivity contribution in [3.63, 3.8) is 0 Å². The Kier molecular flexibility index (Phi) is 4.38. The van der Waals surface area contributed by atoms with Gasteiger partial charge in [0.2, 0.25) is 15.9 Å². The van der Waals surface area contributed by atoms with Crippen LogP contribution in [0.2, 0.25) is 0 Å². The molecule has 0 saturated heterocycles. The summed E-state index contributed by atoms with van der Waals surface area (Å²) in [6.07, 6.45) is 2.33. The summed E-state index contributed by atoms with van der Waals surface area (Å²) in [4.78, 5) is 4.19. The van der Waals surface area contributed by atoms with Crippen molar-refractivity contribution in [2.75, 3.05) is 0 Å². The van der Waals surface area contributed by atoms with Crippen molar-refractivity contribution in [1.82, 2.24) is 9.71 Å². The molecule has 0 radical (unpaired) electrons. The number of benzene rings is 1. The largest absolute Gasteiger partial charge is 0.444 e. The molecule has 1 N–H and O–H groups in total. The number of hydrogen-bond donors (Lipinski definition) is 1. The summed E-state index contributed by atoms with van der Waals surface area (Å²) >= 11 is 3.22. The second-order valence-electron chi connectivity index (χ2n) is 3.83. The van der Waals surface area contributed by atoms with Crippen LogP contribution in [-0.4, -0.2) is 13.4 Å². The van der Waals surface area contributed by atoms with Gasteiger partial charge in [0.05, 0.1) is 17.6 Å². The van der Waals surface area contributed by atoms with E-state index in [1.54, 1.807) is 24.4 Å². The number of oxazole rings is 1. The van der Waals surface area contributed by atoms with Crippen molar-refractivity contribution in [2.24, 2.45) is 0 Å². The molecule has 5 nitrogen and oxygen atoms in total. The molecule has 1 aromatic carbocycles. The SMILES string of the molecule is CCc1cnc(CNS(=O)(=O)c2ccccc2Br)o1. The second kappa shape index (κ2) is 5.85. The molecule has 0 bridgehead atoms. The van der Waals surface area contributed by atoms with Crippen molar-refractivity contribution in [3.05, 3.63) is 46.6 Å². The molecule has 19 heavy (non-hydrogen) atoms. The molecule has 1 aromatic heterocycles. The minimum absolute atomic E-state index is 0.0314. The lowest BCUT2D eigenvalue weighted by Crippen LogP contribution is -2.23. The Hall–Kier alpha value is -1.18. The van der Waals surface area contributed by atoms with Gasteiger partial charge in [0.25, 0.3) is 0 Å². The molecule has 0 saturated carbocycles. The molecule has 0 atom stereocenters. The summed E-state index contributed by atoms with van der Waals surface area (Å²) in [6, 6.07) is 6.62. The minimum Gasteiger partial charge on any atom is -0.444 e. The first-order valence-electron chi connectivity index (χ1n) is 5.70. The van der Waals surface area contributed by atoms with Crippen LogP contribution in [0.1, 0.15) is 18.6 Å². The third-order valence-electron chi connectivity index (χ3n) is 2.49. The van der Waals surface area contributed by atoms with Crippen LogP contribution >= 0.6 is 15.9 Å². The fraction of sp³-hybridized carbons (Fsp3) is 0.250. The van der Waals surface area contributed by atoms with Crippen molar-refractivity contribution in [3.8, 4) is 0 Å². The highest BCUT2D eigenvalue weighted by Crippen LogP contribution is 2.21. The summed E-state index contributed by atoms with van der Waals surface area (Å²) in [5.41, 5.74) is 0. The Morgan fingerprint density at radius 2 is 2.11 bits per heavy atom. The zero-order chi connectivity index (χ0) is 13.9. The van der Waals surface area contributed by atoms with Crippen LogP contribution in [0.5, 0.6) is 0 Å². The summed E-state index contributed by atoms with van der Waals surface area (Å²) in [7, 11) is -3.58. The van der Waals surface area contributed by atoms with Crippen LogP contribution < -0.4 is 4.72 Å². The normalized spacial score (nSPS) is 11.7. The monoisotopic (exact) mass is 344 g/mol. The molecule has 1 heterocycles. The van der Waals surface area contributed by atoms with Crippen LogP contribution in [0.15, 0.2) is 44.2 Å². The van der Waals surface area contributed by atoms with Gasteiger partial charge in [-0.1, -0.05) is 19.1 Å². The lowest BCUT2D eigenvalue weighted by Gasteiger charge is -2.06. The second-order valence-corrected chi connectivity index (χ2v) is 6.42. The number of halogens is 1. The van der Waals surface area contributed by atoms with E-state index < -0.39 is 10.0 Å². The van der Waals surface area contributed by atoms with Gasteiger partial charge >= 0.3 is 0 Å². The molecular weight excluding hydrogens is 332 g/mol. The smallest absolute Gasteiger partial charge is 0.242 e. The first kappa shape index (κ1) is 14.2. The highest BCUT2D eigenvalue weighted by Gasteiger charge is 2.17. The van der Waals surface area contributed by atoms with E-state index in [1.165, 1.54) is 6.07 Å². The van der Waals surface area contributed by atoms with E-state index in [1.807, 2.05) is 6.92 Å². The average Bonchev–Trinajstić information content (AvgIpc) is 2.85. The number of hydrogen-bond acceptors (Lipinski definition) is 4. The summed E-state index contributed by atoms with van der Waals surface area (Å²) < 4.78 is 32.5. The fourth-order valence-corrected chi connectivity index (χ4v) is 3.47. The molecule has 0 aliphatic heterocycles. The Morgan fingerprint density at radius 3 is 2.74 bits per heavy atom. The zero-order valence-corrected chi connectivity index (χ0v) is 12.7. The highest BCUT2D eigenvalue weighted by atomic mass is 79.9. The van der Waals surface area contributed by atoms with Crippen LogP contribution in [0.3, 0.4) is 0 Å². The van der Waals surface area contributed by atoms with Gasteiger partial charge in [0, 0.05) is 10.9 Å². The fourth-order valence-electron chi connectivity index (χ4n) is 1.49. The van der Waals surface area contributed by atoms with Crippen LogP contribution in [0.4, 0.5) is 0 Å². The van der Waals surface area contributed by atoms with Crippen molar-refractivity contribution >= 4 is 26.0 Å². The number of aryl methyl sites for hydroxylation is 1. The lowest BCUT2D eigenvalue weighted by molar-refractivity contribution is 0.452. The maximum absolute atomic E-state index is 12.1. The summed E-state index contributed by atoms with van der Waals surface area (Å²) in [6.45, 7) is 1.97. The predicted octanol–water partition coefficient (Wildman–Crippen LogP) is 2.48. The highest BCUT2D eigenvalue weighted by molar-refractivity contribution is 9.10. The van der Waals surface area contributed by atoms with E-state index in [4.69, 9.17) is 4.42 Å². The van der Waals surface area contributed by atoms with Crippen LogP contribution in [0.25, 0.3) is 0 Å². The lowest BCUT2D eigenvalue weighted by atomic mass is 10.4. The molecule has 0 aliphatic rings. The van der Waals surface area contributed by atoms with E-state index in [9.17, 15) is 8.42 Å². The molecule has 0 aliphatic carbocycles. The van der Waals surface area contributed by atoms with E-state index in [2.05, 4.69) is 25.6 Å². The molecule has 0 spiro atoms. The Bertz CT molecular complexity index is 667. The van der Waals surface area contributed by atoms with Gasteiger partial charge < -0.3 is 4.42 Å². The van der Waals surface area contributed by atoms with Crippen molar-refractivity contribution in [2.45, 2.75) is 24.8 Å². The Balaban J connectivity index is 2.12. The molecule has 102 valence electrons. The molecule has 0 amide bonds. The van der Waals surface area contributed by atoms with Gasteiger partial charge in [-0.25, -0.2) is 18.1 Å². The molecule has 2 aromatic rings. The van der Waals surface area contributed by atoms with Gasteiger partial charge in [-0.15, -0.1) is 0 Å². The van der Waals surface area contributed by atoms with Gasteiger partial charge in [0.15, 0.2) is 0 Å². The van der Waals surface area contributed by atoms with Gasteiger partial charge in [-0.05, 0) is 28.1 Å². The predicted molar refractivity (Wildman–Crippen MR) is 74.0 cm³/mol. The minimum atomic E-state index is -3.58. The van der Waals surface area contributed by atoms with Crippen molar-refractivity contribution in [1.29, 1.82) is 0 Å². The van der Waals surface area contributed by atoms with Gasteiger partial charge in [0.1, 0.15) is 5.76 Å². The standard InChI is InChI=1S/C12H13BrN2O3S/c1-2-9-7-14-12(18-9)8-15-19(16,17)11-6-4-3-5-10(11)13/h3-7,15H,2,8H2,1H3. The molecule has 2 rings (SSSR count). The first-order chi connectivity index (χ1) is 9.03. The molecule has 7 heteroatoms. The number of aromatic nitrogens is 1.